The molecular formula is C21H20F3IO8S. The number of benzene rings is 1. The van der Waals surface area contributed by atoms with Crippen molar-refractivity contribution < 1.29 is 50.0 Å². The average molecular weight is 616 g/mol. The van der Waals surface area contributed by atoms with E-state index in [4.69, 9.17) is 9.29 Å². The van der Waals surface area contributed by atoms with Crippen molar-refractivity contribution in [1.29, 1.82) is 0 Å². The largest absolute Gasteiger partial charge is 0.448 e. The lowest BCUT2D eigenvalue weighted by Crippen LogP contribution is -2.55. The molecule has 4 fully saturated rings. The van der Waals surface area contributed by atoms with Crippen LogP contribution in [0.3, 0.4) is 0 Å². The summed E-state index contributed by atoms with van der Waals surface area (Å²) in [7, 11) is -5.11. The predicted molar refractivity (Wildman–Crippen MR) is 117 cm³/mol. The van der Waals surface area contributed by atoms with Gasteiger partial charge in [-0.25, -0.2) is 4.79 Å². The first-order chi connectivity index (χ1) is 15.7. The number of hydrogen-bond donors (Lipinski definition) is 1. The molecule has 0 heterocycles. The Bertz CT molecular complexity index is 1130. The van der Waals surface area contributed by atoms with Gasteiger partial charge in [0.1, 0.15) is 22.8 Å². The lowest BCUT2D eigenvalue weighted by Gasteiger charge is -2.53. The Balaban J connectivity index is 1.57. The monoisotopic (exact) mass is 616 g/mol. The number of hydrogen-bond acceptors (Lipinski definition) is 7. The highest BCUT2D eigenvalue weighted by atomic mass is 127. The first-order valence-electron chi connectivity index (χ1n) is 10.5. The highest BCUT2D eigenvalue weighted by Crippen LogP contribution is 2.59. The quantitative estimate of drug-likeness (QED) is 0.223. The summed E-state index contributed by atoms with van der Waals surface area (Å²) in [5.74, 6) is -4.46. The van der Waals surface area contributed by atoms with Crippen LogP contribution >= 0.6 is 22.6 Å². The van der Waals surface area contributed by atoms with E-state index in [1.165, 1.54) is 12.1 Å². The van der Waals surface area contributed by atoms with Gasteiger partial charge in [0.15, 0.2) is 0 Å². The molecule has 0 saturated heterocycles. The fourth-order valence-electron chi connectivity index (χ4n) is 5.53. The number of carbonyl (C=O) groups is 3. The Labute approximate surface area is 206 Å². The van der Waals surface area contributed by atoms with Crippen LogP contribution in [0.5, 0.6) is 5.75 Å². The van der Waals surface area contributed by atoms with E-state index >= 15 is 0 Å². The normalized spacial score (nSPS) is 29.1. The fourth-order valence-corrected chi connectivity index (χ4v) is 6.64. The second-order valence-corrected chi connectivity index (χ2v) is 12.0. The molecule has 4 bridgehead atoms. The van der Waals surface area contributed by atoms with Gasteiger partial charge < -0.3 is 9.47 Å². The third-order valence-electron chi connectivity index (χ3n) is 6.77. The van der Waals surface area contributed by atoms with E-state index in [1.54, 1.807) is 0 Å². The number of ether oxygens (including phenoxy) is 2. The molecule has 4 aliphatic rings. The van der Waals surface area contributed by atoms with Crippen molar-refractivity contribution in [2.45, 2.75) is 44.4 Å². The molecule has 0 radical (unpaired) electrons. The van der Waals surface area contributed by atoms with Gasteiger partial charge >= 0.3 is 18.1 Å². The molecule has 3 unspecified atom stereocenters. The Kier molecular flexibility index (Phi) is 6.51. The number of alkyl halides is 3. The molecule has 8 nitrogen and oxygen atoms in total. The van der Waals surface area contributed by atoms with Gasteiger partial charge in [0, 0.05) is 15.4 Å². The number of ketones is 1. The van der Waals surface area contributed by atoms with Crippen molar-refractivity contribution in [3.05, 3.63) is 27.3 Å². The van der Waals surface area contributed by atoms with Gasteiger partial charge in [-0.15, -0.1) is 0 Å². The van der Waals surface area contributed by atoms with Gasteiger partial charge in [-0.1, -0.05) is 0 Å². The minimum atomic E-state index is -5.27. The Morgan fingerprint density at radius 1 is 1.18 bits per heavy atom. The van der Waals surface area contributed by atoms with Crippen LogP contribution in [0.2, 0.25) is 0 Å². The molecule has 0 aromatic heterocycles. The standard InChI is InChI=1S/C21H20F3IO8S/c22-21(23,24)16(9-34(29,30)31)33-18(27)14-2-1-13(25)5-15(14)32-19(28)20-6-10-3-11(7-20)17(26)12(4-10)8-20/h1-2,5,10-12,16H,3-4,6-9H2,(H,29,30,31). The molecule has 3 atom stereocenters. The molecule has 1 N–H and O–H groups in total. The third kappa shape index (κ3) is 5.10. The molecule has 1 aromatic carbocycles. The van der Waals surface area contributed by atoms with Crippen molar-refractivity contribution in [2.75, 3.05) is 5.75 Å². The van der Waals surface area contributed by atoms with Crippen LogP contribution in [-0.2, 0) is 24.4 Å². The molecule has 34 heavy (non-hydrogen) atoms. The maximum atomic E-state index is 13.2. The molecule has 0 aliphatic heterocycles. The molecule has 13 heteroatoms. The number of esters is 2. The summed E-state index contributed by atoms with van der Waals surface area (Å²) in [4.78, 5) is 38.2. The molecule has 1 aromatic rings. The van der Waals surface area contributed by atoms with Crippen molar-refractivity contribution in [2.24, 2.45) is 23.2 Å². The zero-order valence-corrected chi connectivity index (χ0v) is 20.5. The number of Topliss-reactive ketones (excluding diaryl/α,β-unsaturated/α-hetero) is 1. The van der Waals surface area contributed by atoms with Crippen molar-refractivity contribution in [3.63, 3.8) is 0 Å². The molecule has 4 aliphatic carbocycles. The number of carbonyl (C=O) groups excluding carboxylic acids is 3. The van der Waals surface area contributed by atoms with E-state index in [1.807, 2.05) is 22.6 Å². The highest BCUT2D eigenvalue weighted by molar-refractivity contribution is 14.1. The lowest BCUT2D eigenvalue weighted by molar-refractivity contribution is -0.197. The Hall–Kier alpha value is -1.74. The predicted octanol–water partition coefficient (Wildman–Crippen LogP) is 3.57. The molecular weight excluding hydrogens is 596 g/mol. The van der Waals surface area contributed by atoms with Crippen LogP contribution in [0.1, 0.15) is 42.5 Å². The SMILES string of the molecule is O=C(OC(CS(=O)(=O)O)C(F)(F)F)c1ccc(I)cc1OC(=O)C12CC3CC(C1)C(=O)C(C3)C2. The minimum absolute atomic E-state index is 0.162. The molecule has 0 spiro atoms. The second-order valence-electron chi connectivity index (χ2n) is 9.24. The summed E-state index contributed by atoms with van der Waals surface area (Å²) in [6.45, 7) is 0. The molecule has 4 saturated carbocycles. The fraction of sp³-hybridized carbons (Fsp3) is 0.571. The summed E-state index contributed by atoms with van der Waals surface area (Å²) in [5, 5.41) is 0. The van der Waals surface area contributed by atoms with Crippen molar-refractivity contribution in [1.82, 2.24) is 0 Å². The van der Waals surface area contributed by atoms with Crippen LogP contribution in [0, 0.1) is 26.7 Å². The van der Waals surface area contributed by atoms with E-state index in [-0.39, 0.29) is 29.3 Å². The van der Waals surface area contributed by atoms with Crippen molar-refractivity contribution in [3.8, 4) is 5.75 Å². The van der Waals surface area contributed by atoms with Crippen LogP contribution in [0.4, 0.5) is 13.2 Å². The first-order valence-corrected chi connectivity index (χ1v) is 13.1. The van der Waals surface area contributed by atoms with E-state index in [2.05, 4.69) is 4.74 Å². The summed E-state index contributed by atoms with van der Waals surface area (Å²) in [6.07, 6.45) is -5.70. The third-order valence-corrected chi connectivity index (χ3v) is 8.16. The molecule has 186 valence electrons. The summed E-state index contributed by atoms with van der Waals surface area (Å²) in [6, 6.07) is 3.77. The smallest absolute Gasteiger partial charge is 0.426 e. The maximum Gasteiger partial charge on any atom is 0.426 e. The summed E-state index contributed by atoms with van der Waals surface area (Å²) >= 11 is 1.86. The van der Waals surface area contributed by atoms with E-state index in [0.29, 0.717) is 22.8 Å². The van der Waals surface area contributed by atoms with Gasteiger partial charge in [0.05, 0.1) is 5.41 Å². The average Bonchev–Trinajstić information content (AvgIpc) is 2.69. The van der Waals surface area contributed by atoms with Gasteiger partial charge in [0.25, 0.3) is 10.1 Å². The van der Waals surface area contributed by atoms with E-state index in [9.17, 15) is 36.0 Å². The minimum Gasteiger partial charge on any atom is -0.448 e. The van der Waals surface area contributed by atoms with Gasteiger partial charge in [-0.05, 0) is 78.8 Å². The van der Waals surface area contributed by atoms with Crippen LogP contribution < -0.4 is 4.74 Å². The maximum absolute atomic E-state index is 13.2. The Morgan fingerprint density at radius 3 is 2.35 bits per heavy atom. The second kappa shape index (κ2) is 8.73. The van der Waals surface area contributed by atoms with Gasteiger partial charge in [-0.3, -0.25) is 14.1 Å². The topological polar surface area (TPSA) is 124 Å². The zero-order valence-electron chi connectivity index (χ0n) is 17.5. The van der Waals surface area contributed by atoms with Crippen molar-refractivity contribution >= 4 is 50.4 Å². The molecule has 0 amide bonds. The summed E-state index contributed by atoms with van der Waals surface area (Å²) in [5.41, 5.74) is -1.40. The van der Waals surface area contributed by atoms with Crippen LogP contribution in [0.25, 0.3) is 0 Å². The van der Waals surface area contributed by atoms with Crippen LogP contribution in [0.15, 0.2) is 18.2 Å². The van der Waals surface area contributed by atoms with E-state index in [0.717, 1.165) is 18.9 Å². The van der Waals surface area contributed by atoms with Gasteiger partial charge in [-0.2, -0.15) is 21.6 Å². The van der Waals surface area contributed by atoms with Gasteiger partial charge in [0.2, 0.25) is 6.10 Å². The zero-order chi connectivity index (χ0) is 25.1. The lowest BCUT2D eigenvalue weighted by atomic mass is 9.49. The van der Waals surface area contributed by atoms with E-state index < -0.39 is 51.1 Å². The summed E-state index contributed by atoms with van der Waals surface area (Å²) < 4.78 is 80.7. The molecule has 5 rings (SSSR count). The van der Waals surface area contributed by atoms with Crippen LogP contribution in [-0.4, -0.2) is 48.7 Å². The Morgan fingerprint density at radius 2 is 1.79 bits per heavy atom. The highest BCUT2D eigenvalue weighted by Gasteiger charge is 2.59. The number of halogens is 4. The number of rotatable bonds is 6. The first kappa shape index (κ1) is 25.4.